The Morgan fingerprint density at radius 3 is 2.43 bits per heavy atom. The maximum atomic E-state index is 12.4. The second-order valence-corrected chi connectivity index (χ2v) is 6.33. The van der Waals surface area contributed by atoms with Crippen molar-refractivity contribution in [2.75, 3.05) is 5.32 Å². The van der Waals surface area contributed by atoms with Crippen molar-refractivity contribution >= 4 is 11.6 Å². The van der Waals surface area contributed by atoms with Gasteiger partial charge in [-0.2, -0.15) is 0 Å². The molecule has 1 N–H and O–H groups in total. The van der Waals surface area contributed by atoms with Gasteiger partial charge in [-0.25, -0.2) is 15.0 Å². The van der Waals surface area contributed by atoms with Gasteiger partial charge in [0.25, 0.3) is 5.91 Å². The minimum atomic E-state index is -0.395. The van der Waals surface area contributed by atoms with Crippen LogP contribution in [0, 0.1) is 20.8 Å². The van der Waals surface area contributed by atoms with Gasteiger partial charge in [0.05, 0.1) is 23.8 Å². The fourth-order valence-corrected chi connectivity index (χ4v) is 2.89. The van der Waals surface area contributed by atoms with Gasteiger partial charge in [-0.1, -0.05) is 35.5 Å². The van der Waals surface area contributed by atoms with Gasteiger partial charge in [0.2, 0.25) is 5.95 Å². The van der Waals surface area contributed by atoms with Crippen LogP contribution in [0.4, 0.5) is 5.69 Å². The summed E-state index contributed by atoms with van der Waals surface area (Å²) in [6.45, 7) is 5.80. The molecule has 1 aromatic carbocycles. The molecule has 0 unspecified atom stereocenters. The lowest BCUT2D eigenvalue weighted by atomic mass is 10.1. The van der Waals surface area contributed by atoms with Gasteiger partial charge in [-0.15, -0.1) is 0 Å². The lowest BCUT2D eigenvalue weighted by molar-refractivity contribution is 0.101. The Kier molecular flexibility index (Phi) is 4.44. The van der Waals surface area contributed by atoms with E-state index in [-0.39, 0.29) is 5.69 Å². The molecule has 3 heterocycles. The molecule has 0 radical (unpaired) electrons. The molecule has 0 saturated carbocycles. The van der Waals surface area contributed by atoms with E-state index in [0.29, 0.717) is 17.4 Å². The van der Waals surface area contributed by atoms with E-state index in [1.54, 1.807) is 18.5 Å². The van der Waals surface area contributed by atoms with E-state index in [1.165, 1.54) is 0 Å². The van der Waals surface area contributed by atoms with Crippen LogP contribution < -0.4 is 5.32 Å². The number of imidazole rings is 1. The first kappa shape index (κ1) is 17.6. The van der Waals surface area contributed by atoms with E-state index in [0.717, 1.165) is 22.8 Å². The number of benzene rings is 1. The summed E-state index contributed by atoms with van der Waals surface area (Å²) in [6.07, 6.45) is 3.10. The van der Waals surface area contributed by atoms with Crippen LogP contribution in [0.1, 0.15) is 27.7 Å². The molecule has 0 aliphatic rings. The summed E-state index contributed by atoms with van der Waals surface area (Å²) in [4.78, 5) is 25.5. The largest absolute Gasteiger partial charge is 0.355 e. The van der Waals surface area contributed by atoms with Crippen LogP contribution in [0.3, 0.4) is 0 Å². The molecule has 0 bridgehead atoms. The SMILES string of the molecule is Cc1nc(C)n(-c2ncc(NC(=O)c3cc(-c4ccccc4)on3)cn2)c1C. The van der Waals surface area contributed by atoms with Gasteiger partial charge < -0.3 is 9.84 Å². The molecule has 3 aromatic heterocycles. The zero-order chi connectivity index (χ0) is 19.7. The van der Waals surface area contributed by atoms with E-state index in [4.69, 9.17) is 4.52 Å². The lowest BCUT2D eigenvalue weighted by Crippen LogP contribution is -2.13. The lowest BCUT2D eigenvalue weighted by Gasteiger charge is -2.07. The van der Waals surface area contributed by atoms with E-state index < -0.39 is 5.91 Å². The molecule has 8 nitrogen and oxygen atoms in total. The molecule has 4 aromatic rings. The van der Waals surface area contributed by atoms with Crippen molar-refractivity contribution in [2.45, 2.75) is 20.8 Å². The Labute approximate surface area is 161 Å². The molecule has 28 heavy (non-hydrogen) atoms. The Hall–Kier alpha value is -3.81. The summed E-state index contributed by atoms with van der Waals surface area (Å²) in [5.74, 6) is 1.44. The number of carbonyl (C=O) groups excluding carboxylic acids is 1. The number of hydrogen-bond acceptors (Lipinski definition) is 6. The number of hydrogen-bond donors (Lipinski definition) is 1. The maximum absolute atomic E-state index is 12.4. The van der Waals surface area contributed by atoms with E-state index in [1.807, 2.05) is 55.7 Å². The molecule has 4 rings (SSSR count). The predicted molar refractivity (Wildman–Crippen MR) is 103 cm³/mol. The molecule has 8 heteroatoms. The molecule has 140 valence electrons. The van der Waals surface area contributed by atoms with Gasteiger partial charge >= 0.3 is 0 Å². The molecule has 0 saturated heterocycles. The van der Waals surface area contributed by atoms with Gasteiger partial charge in [0.1, 0.15) is 5.82 Å². The third-order valence-corrected chi connectivity index (χ3v) is 4.41. The van der Waals surface area contributed by atoms with Gasteiger partial charge in [-0.05, 0) is 20.8 Å². The molecular weight excluding hydrogens is 356 g/mol. The highest BCUT2D eigenvalue weighted by molar-refractivity contribution is 6.03. The smallest absolute Gasteiger partial charge is 0.277 e. The monoisotopic (exact) mass is 374 g/mol. The number of nitrogens with zero attached hydrogens (tertiary/aromatic N) is 5. The summed E-state index contributed by atoms with van der Waals surface area (Å²) in [7, 11) is 0. The van der Waals surface area contributed by atoms with E-state index in [2.05, 4.69) is 25.4 Å². The average Bonchev–Trinajstić information content (AvgIpc) is 3.29. The van der Waals surface area contributed by atoms with Crippen molar-refractivity contribution in [2.24, 2.45) is 0 Å². The molecule has 0 aliphatic heterocycles. The van der Waals surface area contributed by atoms with Crippen molar-refractivity contribution in [1.29, 1.82) is 0 Å². The number of amides is 1. The van der Waals surface area contributed by atoms with Crippen LogP contribution in [-0.4, -0.2) is 30.6 Å². The normalized spacial score (nSPS) is 10.8. The van der Waals surface area contributed by atoms with Crippen molar-refractivity contribution in [3.05, 3.63) is 71.7 Å². The molecule has 1 amide bonds. The first-order valence-electron chi connectivity index (χ1n) is 8.71. The van der Waals surface area contributed by atoms with Gasteiger partial charge in [-0.3, -0.25) is 9.36 Å². The average molecular weight is 374 g/mol. The highest BCUT2D eigenvalue weighted by Gasteiger charge is 2.15. The predicted octanol–water partition coefficient (Wildman–Crippen LogP) is 3.49. The summed E-state index contributed by atoms with van der Waals surface area (Å²) in [6, 6.07) is 11.1. The summed E-state index contributed by atoms with van der Waals surface area (Å²) >= 11 is 0. The zero-order valence-corrected chi connectivity index (χ0v) is 15.7. The summed E-state index contributed by atoms with van der Waals surface area (Å²) in [5, 5.41) is 6.56. The first-order valence-corrected chi connectivity index (χ1v) is 8.71. The Morgan fingerprint density at radius 2 is 1.79 bits per heavy atom. The van der Waals surface area contributed by atoms with Gasteiger partial charge in [0.15, 0.2) is 11.5 Å². The third-order valence-electron chi connectivity index (χ3n) is 4.41. The van der Waals surface area contributed by atoms with E-state index >= 15 is 0 Å². The highest BCUT2D eigenvalue weighted by atomic mass is 16.5. The minimum Gasteiger partial charge on any atom is -0.355 e. The Morgan fingerprint density at radius 1 is 1.07 bits per heavy atom. The fraction of sp³-hybridized carbons (Fsp3) is 0.150. The quantitative estimate of drug-likeness (QED) is 0.587. The number of aryl methyl sites for hydroxylation is 2. The fourth-order valence-electron chi connectivity index (χ4n) is 2.89. The molecule has 0 fully saturated rings. The van der Waals surface area contributed by atoms with Crippen LogP contribution in [0.25, 0.3) is 17.3 Å². The molecular formula is C20H18N6O2. The number of rotatable bonds is 4. The second kappa shape index (κ2) is 7.07. The Bertz CT molecular complexity index is 1130. The third kappa shape index (κ3) is 3.27. The number of anilines is 1. The van der Waals surface area contributed by atoms with Gasteiger partial charge in [0, 0.05) is 17.3 Å². The maximum Gasteiger partial charge on any atom is 0.277 e. The van der Waals surface area contributed by atoms with Crippen LogP contribution in [0.15, 0.2) is 53.3 Å². The molecule has 0 aliphatic carbocycles. The van der Waals surface area contributed by atoms with Crippen molar-refractivity contribution < 1.29 is 9.32 Å². The van der Waals surface area contributed by atoms with Crippen LogP contribution in [0.5, 0.6) is 0 Å². The molecule has 0 atom stereocenters. The first-order chi connectivity index (χ1) is 13.5. The summed E-state index contributed by atoms with van der Waals surface area (Å²) < 4.78 is 7.13. The summed E-state index contributed by atoms with van der Waals surface area (Å²) in [5.41, 5.74) is 3.40. The number of carbonyl (C=O) groups is 1. The standard InChI is InChI=1S/C20H18N6O2/c1-12-13(2)26(14(3)23-12)20-21-10-16(11-22-20)24-19(27)17-9-18(28-25-17)15-7-5-4-6-8-15/h4-11H,1-3H3,(H,24,27). The second-order valence-electron chi connectivity index (χ2n) is 6.33. The van der Waals surface area contributed by atoms with Crippen molar-refractivity contribution in [3.8, 4) is 17.3 Å². The number of nitrogens with one attached hydrogen (secondary N) is 1. The highest BCUT2D eigenvalue weighted by Crippen LogP contribution is 2.20. The zero-order valence-electron chi connectivity index (χ0n) is 15.7. The number of aromatic nitrogens is 5. The topological polar surface area (TPSA) is 98.7 Å². The Balaban J connectivity index is 1.50. The molecule has 0 spiro atoms. The minimum absolute atomic E-state index is 0.180. The van der Waals surface area contributed by atoms with Crippen LogP contribution in [0.2, 0.25) is 0 Å². The van der Waals surface area contributed by atoms with E-state index in [9.17, 15) is 4.79 Å². The van der Waals surface area contributed by atoms with Crippen LogP contribution in [-0.2, 0) is 0 Å². The van der Waals surface area contributed by atoms with Crippen LogP contribution >= 0.6 is 0 Å². The van der Waals surface area contributed by atoms with Crippen molar-refractivity contribution in [1.82, 2.24) is 24.7 Å². The van der Waals surface area contributed by atoms with Crippen molar-refractivity contribution in [3.63, 3.8) is 0 Å².